The molecule has 0 fully saturated rings. The van der Waals surface area contributed by atoms with Crippen LogP contribution in [0.15, 0.2) is 18.3 Å². The van der Waals surface area contributed by atoms with Crippen molar-refractivity contribution in [1.82, 2.24) is 10.3 Å². The van der Waals surface area contributed by atoms with Gasteiger partial charge in [0.15, 0.2) is 0 Å². The van der Waals surface area contributed by atoms with Crippen LogP contribution in [0.5, 0.6) is 0 Å². The van der Waals surface area contributed by atoms with Gasteiger partial charge in [0.2, 0.25) is 0 Å². The number of nitrogens with two attached hydrogens (primary N) is 1. The van der Waals surface area contributed by atoms with Crippen LogP contribution in [0.1, 0.15) is 36.9 Å². The lowest BCUT2D eigenvalue weighted by Crippen LogP contribution is -2.42. The number of nitrogen functional groups attached to an aromatic ring is 1. The van der Waals surface area contributed by atoms with E-state index in [1.54, 1.807) is 6.20 Å². The molecule has 2 heterocycles. The molecule has 0 saturated heterocycles. The molecule has 4 nitrogen and oxygen atoms in total. The lowest BCUT2D eigenvalue weighted by molar-refractivity contribution is 0.0916. The molecule has 0 radical (unpaired) electrons. The quantitative estimate of drug-likeness (QED) is 0.894. The Morgan fingerprint density at radius 2 is 2.28 bits per heavy atom. The fourth-order valence-electron chi connectivity index (χ4n) is 1.57. The molecule has 96 valence electrons. The Balaban J connectivity index is 2.37. The molecule has 5 heteroatoms. The molecule has 0 bridgehead atoms. The number of hydrogen-bond donors (Lipinski definition) is 2. The number of hydrogen-bond acceptors (Lipinski definition) is 4. The fraction of sp³-hybridized carbons (Fsp3) is 0.385. The van der Waals surface area contributed by atoms with E-state index in [4.69, 9.17) is 5.73 Å². The number of nitrogens with zero attached hydrogens (tertiary/aromatic N) is 1. The predicted molar refractivity (Wildman–Crippen MR) is 75.9 cm³/mol. The molecule has 0 spiro atoms. The Morgan fingerprint density at radius 3 is 2.89 bits per heavy atom. The molecule has 2 rings (SSSR count). The summed E-state index contributed by atoms with van der Waals surface area (Å²) in [6.07, 6.45) is 2.55. The molecule has 0 aliphatic carbocycles. The monoisotopic (exact) mass is 263 g/mol. The van der Waals surface area contributed by atoms with Crippen molar-refractivity contribution >= 4 is 33.1 Å². The normalized spacial score (nSPS) is 11.7. The summed E-state index contributed by atoms with van der Waals surface area (Å²) in [5.41, 5.74) is 6.94. The number of fused-ring (bicyclic) bond motifs is 1. The molecule has 0 aliphatic heterocycles. The zero-order valence-electron chi connectivity index (χ0n) is 10.8. The molecule has 18 heavy (non-hydrogen) atoms. The minimum absolute atomic E-state index is 0.123. The molecular formula is C13H17N3OS. The molecule has 3 N–H and O–H groups in total. The summed E-state index contributed by atoms with van der Waals surface area (Å²) in [5, 5.41) is 2.99. The molecule has 0 unspecified atom stereocenters. The average Bonchev–Trinajstić information content (AvgIpc) is 2.67. The summed E-state index contributed by atoms with van der Waals surface area (Å²) < 4.78 is 0.939. The first-order chi connectivity index (χ1) is 8.44. The number of amides is 1. The summed E-state index contributed by atoms with van der Waals surface area (Å²) >= 11 is 1.38. The van der Waals surface area contributed by atoms with Crippen molar-refractivity contribution in [2.75, 3.05) is 5.73 Å². The largest absolute Gasteiger partial charge is 0.396 e. The van der Waals surface area contributed by atoms with Gasteiger partial charge in [0.1, 0.15) is 10.4 Å². The molecule has 0 atom stereocenters. The summed E-state index contributed by atoms with van der Waals surface area (Å²) in [6.45, 7) is 6.02. The van der Waals surface area contributed by atoms with E-state index in [1.807, 2.05) is 32.9 Å². The first kappa shape index (κ1) is 12.8. The summed E-state index contributed by atoms with van der Waals surface area (Å²) in [7, 11) is 0. The SMILES string of the molecule is CCC(C)(C)NC(=O)c1sc2cccnc2c1N. The van der Waals surface area contributed by atoms with Crippen LogP contribution in [0, 0.1) is 0 Å². The predicted octanol–water partition coefficient (Wildman–Crippen LogP) is 2.80. The van der Waals surface area contributed by atoms with Gasteiger partial charge in [-0.05, 0) is 32.4 Å². The highest BCUT2D eigenvalue weighted by atomic mass is 32.1. The van der Waals surface area contributed by atoms with E-state index in [-0.39, 0.29) is 11.4 Å². The maximum atomic E-state index is 12.2. The highest BCUT2D eigenvalue weighted by Crippen LogP contribution is 2.32. The summed E-state index contributed by atoms with van der Waals surface area (Å²) in [5.74, 6) is -0.123. The number of pyridine rings is 1. The molecule has 1 amide bonds. The number of rotatable bonds is 3. The van der Waals surface area contributed by atoms with Gasteiger partial charge in [-0.1, -0.05) is 6.92 Å². The minimum atomic E-state index is -0.229. The van der Waals surface area contributed by atoms with Crippen molar-refractivity contribution in [3.8, 4) is 0 Å². The second kappa shape index (κ2) is 4.57. The number of aromatic nitrogens is 1. The average molecular weight is 263 g/mol. The van der Waals surface area contributed by atoms with Gasteiger partial charge in [-0.25, -0.2) is 0 Å². The van der Waals surface area contributed by atoms with Gasteiger partial charge in [0.05, 0.1) is 10.4 Å². The molecule has 0 aromatic carbocycles. The zero-order chi connectivity index (χ0) is 13.3. The molecular weight excluding hydrogens is 246 g/mol. The number of carbonyl (C=O) groups excluding carboxylic acids is 1. The first-order valence-electron chi connectivity index (χ1n) is 5.90. The van der Waals surface area contributed by atoms with Crippen LogP contribution in [0.25, 0.3) is 10.2 Å². The minimum Gasteiger partial charge on any atom is -0.396 e. The van der Waals surface area contributed by atoms with Crippen molar-refractivity contribution in [3.63, 3.8) is 0 Å². The van der Waals surface area contributed by atoms with Crippen LogP contribution >= 0.6 is 11.3 Å². The van der Waals surface area contributed by atoms with E-state index >= 15 is 0 Å². The summed E-state index contributed by atoms with van der Waals surface area (Å²) in [4.78, 5) is 17.0. The fourth-order valence-corrected chi connectivity index (χ4v) is 2.55. The van der Waals surface area contributed by atoms with Gasteiger partial charge in [0.25, 0.3) is 5.91 Å². The van der Waals surface area contributed by atoms with Crippen molar-refractivity contribution in [3.05, 3.63) is 23.2 Å². The van der Waals surface area contributed by atoms with E-state index in [9.17, 15) is 4.79 Å². The zero-order valence-corrected chi connectivity index (χ0v) is 11.6. The van der Waals surface area contributed by atoms with Gasteiger partial charge in [-0.3, -0.25) is 9.78 Å². The molecule has 0 saturated carbocycles. The van der Waals surface area contributed by atoms with Gasteiger partial charge in [-0.15, -0.1) is 11.3 Å². The van der Waals surface area contributed by atoms with E-state index in [2.05, 4.69) is 10.3 Å². The van der Waals surface area contributed by atoms with Gasteiger partial charge in [0, 0.05) is 11.7 Å². The van der Waals surface area contributed by atoms with Crippen LogP contribution in [0.2, 0.25) is 0 Å². The smallest absolute Gasteiger partial charge is 0.263 e. The first-order valence-corrected chi connectivity index (χ1v) is 6.72. The van der Waals surface area contributed by atoms with Crippen LogP contribution in [-0.2, 0) is 0 Å². The van der Waals surface area contributed by atoms with Crippen molar-refractivity contribution in [2.45, 2.75) is 32.7 Å². The van der Waals surface area contributed by atoms with Crippen molar-refractivity contribution in [2.24, 2.45) is 0 Å². The Bertz CT molecular complexity index is 589. The Morgan fingerprint density at radius 1 is 1.56 bits per heavy atom. The third-order valence-corrected chi connectivity index (χ3v) is 4.18. The maximum absolute atomic E-state index is 12.2. The lowest BCUT2D eigenvalue weighted by Gasteiger charge is -2.24. The van der Waals surface area contributed by atoms with Crippen LogP contribution in [0.3, 0.4) is 0 Å². The standard InChI is InChI=1S/C13H17N3OS/c1-4-13(2,3)16-12(17)11-9(14)10-8(18-11)6-5-7-15-10/h5-7H,4,14H2,1-3H3,(H,16,17). The lowest BCUT2D eigenvalue weighted by atomic mass is 10.0. The Hall–Kier alpha value is -1.62. The van der Waals surface area contributed by atoms with E-state index in [0.717, 1.165) is 11.1 Å². The van der Waals surface area contributed by atoms with Crippen molar-refractivity contribution < 1.29 is 4.79 Å². The van der Waals surface area contributed by atoms with Crippen LogP contribution in [0.4, 0.5) is 5.69 Å². The van der Waals surface area contributed by atoms with Gasteiger partial charge in [-0.2, -0.15) is 0 Å². The topological polar surface area (TPSA) is 68.0 Å². The third-order valence-electron chi connectivity index (χ3n) is 3.02. The molecule has 2 aromatic heterocycles. The van der Waals surface area contributed by atoms with E-state index in [1.165, 1.54) is 11.3 Å². The van der Waals surface area contributed by atoms with Gasteiger partial charge >= 0.3 is 0 Å². The van der Waals surface area contributed by atoms with E-state index < -0.39 is 0 Å². The second-order valence-electron chi connectivity index (χ2n) is 4.89. The highest BCUT2D eigenvalue weighted by molar-refractivity contribution is 7.21. The Kier molecular flexibility index (Phi) is 3.26. The Labute approximate surface area is 110 Å². The molecule has 0 aliphatic rings. The van der Waals surface area contributed by atoms with Gasteiger partial charge < -0.3 is 11.1 Å². The third kappa shape index (κ3) is 2.31. The second-order valence-corrected chi connectivity index (χ2v) is 5.94. The van der Waals surface area contributed by atoms with Crippen LogP contribution in [-0.4, -0.2) is 16.4 Å². The number of carbonyl (C=O) groups is 1. The summed E-state index contributed by atoms with van der Waals surface area (Å²) in [6, 6.07) is 3.76. The van der Waals surface area contributed by atoms with Crippen LogP contribution < -0.4 is 11.1 Å². The molecule has 2 aromatic rings. The van der Waals surface area contributed by atoms with Crippen molar-refractivity contribution in [1.29, 1.82) is 0 Å². The highest BCUT2D eigenvalue weighted by Gasteiger charge is 2.23. The number of nitrogens with one attached hydrogen (secondary N) is 1. The number of thiophene rings is 1. The number of anilines is 1. The maximum Gasteiger partial charge on any atom is 0.263 e. The van der Waals surface area contributed by atoms with E-state index in [0.29, 0.717) is 16.1 Å².